The van der Waals surface area contributed by atoms with E-state index in [2.05, 4.69) is 14.7 Å². The molecule has 0 saturated heterocycles. The molecule has 2 aromatic rings. The third-order valence-electron chi connectivity index (χ3n) is 2.94. The Morgan fingerprint density at radius 2 is 1.83 bits per heavy atom. The number of nitrogens with zero attached hydrogens (tertiary/aromatic N) is 2. The van der Waals surface area contributed by atoms with E-state index in [1.165, 1.54) is 13.2 Å². The van der Waals surface area contributed by atoms with Crippen molar-refractivity contribution in [1.29, 1.82) is 0 Å². The molecular formula is C14H10ClF3N2O3. The molecule has 0 unspecified atom stereocenters. The van der Waals surface area contributed by atoms with Gasteiger partial charge in [0.15, 0.2) is 0 Å². The number of alkyl halides is 3. The van der Waals surface area contributed by atoms with Crippen LogP contribution in [-0.4, -0.2) is 30.2 Å². The summed E-state index contributed by atoms with van der Waals surface area (Å²) >= 11 is 5.80. The average Bonchev–Trinajstić information content (AvgIpc) is 2.52. The summed E-state index contributed by atoms with van der Waals surface area (Å²) < 4.78 is 48.3. The van der Waals surface area contributed by atoms with Gasteiger partial charge in [0.1, 0.15) is 16.6 Å². The molecule has 0 fully saturated rings. The zero-order valence-electron chi connectivity index (χ0n) is 11.9. The quantitative estimate of drug-likeness (QED) is 0.627. The number of pyridine rings is 2. The van der Waals surface area contributed by atoms with Gasteiger partial charge in [-0.05, 0) is 12.1 Å². The largest absolute Gasteiger partial charge is 0.494 e. The third-order valence-corrected chi connectivity index (χ3v) is 3.15. The van der Waals surface area contributed by atoms with E-state index in [1.54, 1.807) is 0 Å². The standard InChI is InChI=1S/C14H10ClF3N2O3/c1-22-10-6-19-11(14(16,17)18)3-8(10)7-4-12(15)20-5-9(7)13(21)23-2/h3-6H,1-2H3. The van der Waals surface area contributed by atoms with Crippen LogP contribution in [0, 0.1) is 0 Å². The van der Waals surface area contributed by atoms with Crippen molar-refractivity contribution < 1.29 is 27.4 Å². The van der Waals surface area contributed by atoms with Gasteiger partial charge in [0.2, 0.25) is 0 Å². The number of carbonyl (C=O) groups excluding carboxylic acids is 1. The van der Waals surface area contributed by atoms with E-state index in [4.69, 9.17) is 16.3 Å². The number of hydrogen-bond donors (Lipinski definition) is 0. The number of halogens is 4. The van der Waals surface area contributed by atoms with Crippen LogP contribution in [0.5, 0.6) is 5.75 Å². The lowest BCUT2D eigenvalue weighted by Crippen LogP contribution is -2.10. The first-order valence-corrected chi connectivity index (χ1v) is 6.51. The number of carbonyl (C=O) groups is 1. The Morgan fingerprint density at radius 3 is 2.39 bits per heavy atom. The normalized spacial score (nSPS) is 11.2. The van der Waals surface area contributed by atoms with Gasteiger partial charge in [0.25, 0.3) is 0 Å². The molecule has 0 aromatic carbocycles. The van der Waals surface area contributed by atoms with Crippen LogP contribution in [0.15, 0.2) is 24.5 Å². The molecular weight excluding hydrogens is 337 g/mol. The van der Waals surface area contributed by atoms with Gasteiger partial charge in [0, 0.05) is 17.3 Å². The van der Waals surface area contributed by atoms with Crippen LogP contribution >= 0.6 is 11.6 Å². The minimum absolute atomic E-state index is 0.0000713. The van der Waals surface area contributed by atoms with Crippen LogP contribution in [0.1, 0.15) is 16.1 Å². The van der Waals surface area contributed by atoms with E-state index < -0.39 is 17.8 Å². The molecule has 5 nitrogen and oxygen atoms in total. The molecule has 2 rings (SSSR count). The number of aromatic nitrogens is 2. The predicted octanol–water partition coefficient (Wildman–Crippen LogP) is 3.61. The summed E-state index contributed by atoms with van der Waals surface area (Å²) in [6.45, 7) is 0. The summed E-state index contributed by atoms with van der Waals surface area (Å²) in [4.78, 5) is 18.9. The van der Waals surface area contributed by atoms with E-state index in [0.29, 0.717) is 0 Å². The first-order chi connectivity index (χ1) is 10.8. The lowest BCUT2D eigenvalue weighted by atomic mass is 10.0. The van der Waals surface area contributed by atoms with Gasteiger partial charge in [-0.25, -0.2) is 14.8 Å². The highest BCUT2D eigenvalue weighted by Gasteiger charge is 2.33. The second-order valence-corrected chi connectivity index (χ2v) is 4.70. The maximum atomic E-state index is 12.9. The van der Waals surface area contributed by atoms with Crippen LogP contribution in [0.25, 0.3) is 11.1 Å². The number of methoxy groups -OCH3 is 2. The fourth-order valence-electron chi connectivity index (χ4n) is 1.90. The van der Waals surface area contributed by atoms with Gasteiger partial charge in [-0.3, -0.25) is 0 Å². The van der Waals surface area contributed by atoms with Gasteiger partial charge in [-0.1, -0.05) is 11.6 Å². The zero-order chi connectivity index (χ0) is 17.2. The lowest BCUT2D eigenvalue weighted by molar-refractivity contribution is -0.141. The Morgan fingerprint density at radius 1 is 1.13 bits per heavy atom. The van der Waals surface area contributed by atoms with Gasteiger partial charge < -0.3 is 9.47 Å². The van der Waals surface area contributed by atoms with Crippen molar-refractivity contribution in [2.75, 3.05) is 14.2 Å². The molecule has 0 amide bonds. The monoisotopic (exact) mass is 346 g/mol. The Balaban J connectivity index is 2.74. The van der Waals surface area contributed by atoms with Gasteiger partial charge in [0.05, 0.1) is 26.0 Å². The van der Waals surface area contributed by atoms with Gasteiger partial charge in [-0.15, -0.1) is 0 Å². The Kier molecular flexibility index (Phi) is 4.74. The van der Waals surface area contributed by atoms with Crippen LogP contribution in [-0.2, 0) is 10.9 Å². The van der Waals surface area contributed by atoms with E-state index in [-0.39, 0.29) is 27.6 Å². The smallest absolute Gasteiger partial charge is 0.433 e. The van der Waals surface area contributed by atoms with Crippen molar-refractivity contribution in [3.63, 3.8) is 0 Å². The van der Waals surface area contributed by atoms with Crippen molar-refractivity contribution in [1.82, 2.24) is 9.97 Å². The minimum Gasteiger partial charge on any atom is -0.494 e. The SMILES string of the molecule is COC(=O)c1cnc(Cl)cc1-c1cc(C(F)(F)F)ncc1OC. The molecule has 2 aromatic heterocycles. The predicted molar refractivity (Wildman–Crippen MR) is 75.4 cm³/mol. The molecule has 2 heterocycles. The highest BCUT2D eigenvalue weighted by atomic mass is 35.5. The molecule has 9 heteroatoms. The molecule has 122 valence electrons. The van der Waals surface area contributed by atoms with Gasteiger partial charge >= 0.3 is 12.1 Å². The summed E-state index contributed by atoms with van der Waals surface area (Å²) in [6, 6.07) is 2.03. The van der Waals surface area contributed by atoms with E-state index >= 15 is 0 Å². The number of hydrogen-bond acceptors (Lipinski definition) is 5. The zero-order valence-corrected chi connectivity index (χ0v) is 12.7. The Labute approximate surface area is 134 Å². The van der Waals surface area contributed by atoms with Gasteiger partial charge in [-0.2, -0.15) is 13.2 Å². The maximum Gasteiger partial charge on any atom is 0.433 e. The molecule has 0 atom stereocenters. The average molecular weight is 347 g/mol. The second-order valence-electron chi connectivity index (χ2n) is 4.31. The Bertz CT molecular complexity index is 751. The minimum atomic E-state index is -4.65. The summed E-state index contributed by atoms with van der Waals surface area (Å²) in [5, 5.41) is 0.0000713. The van der Waals surface area contributed by atoms with Crippen LogP contribution < -0.4 is 4.74 Å². The molecule has 0 spiro atoms. The molecule has 0 aliphatic carbocycles. The van der Waals surface area contributed by atoms with Crippen LogP contribution in [0.3, 0.4) is 0 Å². The van der Waals surface area contributed by atoms with Crippen molar-refractivity contribution in [2.45, 2.75) is 6.18 Å². The first kappa shape index (κ1) is 17.0. The molecule has 0 radical (unpaired) electrons. The highest BCUT2D eigenvalue weighted by molar-refractivity contribution is 6.29. The van der Waals surface area contributed by atoms with Crippen LogP contribution in [0.4, 0.5) is 13.2 Å². The van der Waals surface area contributed by atoms with Crippen molar-refractivity contribution in [2.24, 2.45) is 0 Å². The number of rotatable bonds is 3. The topological polar surface area (TPSA) is 61.3 Å². The van der Waals surface area contributed by atoms with Crippen molar-refractivity contribution in [3.05, 3.63) is 40.9 Å². The fourth-order valence-corrected chi connectivity index (χ4v) is 2.05. The lowest BCUT2D eigenvalue weighted by Gasteiger charge is -2.14. The third kappa shape index (κ3) is 3.53. The molecule has 0 aliphatic rings. The first-order valence-electron chi connectivity index (χ1n) is 6.13. The molecule has 23 heavy (non-hydrogen) atoms. The highest BCUT2D eigenvalue weighted by Crippen LogP contribution is 2.37. The molecule has 0 bridgehead atoms. The van der Waals surface area contributed by atoms with Crippen molar-refractivity contribution in [3.8, 4) is 16.9 Å². The van der Waals surface area contributed by atoms with Crippen molar-refractivity contribution >= 4 is 17.6 Å². The van der Waals surface area contributed by atoms with E-state index in [1.807, 2.05) is 0 Å². The molecule has 0 saturated carbocycles. The second kappa shape index (κ2) is 6.41. The molecule has 0 aliphatic heterocycles. The summed E-state index contributed by atoms with van der Waals surface area (Å²) in [5.74, 6) is -0.720. The van der Waals surface area contributed by atoms with Crippen LogP contribution in [0.2, 0.25) is 5.15 Å². The molecule has 0 N–H and O–H groups in total. The summed E-state index contributed by atoms with van der Waals surface area (Å²) in [6.07, 6.45) is -2.60. The summed E-state index contributed by atoms with van der Waals surface area (Å²) in [7, 11) is 2.42. The summed E-state index contributed by atoms with van der Waals surface area (Å²) in [5.41, 5.74) is -1.08. The number of ether oxygens (including phenoxy) is 2. The fraction of sp³-hybridized carbons (Fsp3) is 0.214. The van der Waals surface area contributed by atoms with E-state index in [0.717, 1.165) is 25.6 Å². The number of esters is 1. The Hall–Kier alpha value is -2.35. The van der Waals surface area contributed by atoms with E-state index in [9.17, 15) is 18.0 Å². The maximum absolute atomic E-state index is 12.9.